The highest BCUT2D eigenvalue weighted by Crippen LogP contribution is 1.95. The molecule has 0 spiro atoms. The van der Waals surface area contributed by atoms with Crippen LogP contribution in [0.15, 0.2) is 0 Å². The van der Waals surface area contributed by atoms with Crippen LogP contribution in [-0.4, -0.2) is 42.4 Å². The molecule has 0 aromatic carbocycles. The van der Waals surface area contributed by atoms with Crippen LogP contribution in [0.25, 0.3) is 0 Å². The van der Waals surface area contributed by atoms with Crippen LogP contribution in [0.1, 0.15) is 0 Å². The van der Waals surface area contributed by atoms with Gasteiger partial charge < -0.3 is 9.80 Å². The summed E-state index contributed by atoms with van der Waals surface area (Å²) in [5, 5.41) is 0. The first-order chi connectivity index (χ1) is 4.33. The predicted molar refractivity (Wildman–Crippen MR) is 34.6 cm³/mol. The first-order valence-corrected chi connectivity index (χ1v) is 3.08. The van der Waals surface area contributed by atoms with Gasteiger partial charge in [0.15, 0.2) is 0 Å². The van der Waals surface area contributed by atoms with Gasteiger partial charge in [-0.1, -0.05) is 0 Å². The molecule has 0 aromatic heterocycles. The average Bonchev–Trinajstić information content (AvgIpc) is 1.90. The van der Waals surface area contributed by atoms with Crippen LogP contribution in [-0.2, 0) is 4.79 Å². The third-order valence-electron chi connectivity index (χ3n) is 1.56. The Balaban J connectivity index is 2.26. The van der Waals surface area contributed by atoms with Gasteiger partial charge in [0, 0.05) is 13.1 Å². The molecule has 1 aliphatic rings. The number of amides is 1. The number of carbonyl (C=O) groups excluding carboxylic acids is 1. The fraction of sp³-hybridized carbons (Fsp3) is 0.667. The normalized spacial score (nSPS) is 22.1. The highest BCUT2D eigenvalue weighted by molar-refractivity contribution is 5.47. The molecule has 52 valence electrons. The van der Waals surface area contributed by atoms with Gasteiger partial charge in [0.2, 0.25) is 6.41 Å². The molecule has 1 aliphatic heterocycles. The molecule has 0 aliphatic carbocycles. The molecule has 3 heteroatoms. The van der Waals surface area contributed by atoms with Crippen LogP contribution in [0.2, 0.25) is 0 Å². The van der Waals surface area contributed by atoms with Crippen molar-refractivity contribution in [2.45, 2.75) is 0 Å². The lowest BCUT2D eigenvalue weighted by Crippen LogP contribution is -2.42. The SMILES string of the molecule is [CH2-]N1CCN(C=O)CC1. The van der Waals surface area contributed by atoms with Crippen LogP contribution in [0.4, 0.5) is 0 Å². The van der Waals surface area contributed by atoms with Crippen LogP contribution in [0, 0.1) is 7.05 Å². The zero-order chi connectivity index (χ0) is 6.69. The summed E-state index contributed by atoms with van der Waals surface area (Å²) in [6.07, 6.45) is 0.896. The Kier molecular flexibility index (Phi) is 2.05. The molecule has 1 amide bonds. The molecule has 0 N–H and O–H groups in total. The van der Waals surface area contributed by atoms with Gasteiger partial charge in [-0.3, -0.25) is 11.8 Å². The molecule has 0 unspecified atom stereocenters. The summed E-state index contributed by atoms with van der Waals surface area (Å²) >= 11 is 0. The van der Waals surface area contributed by atoms with E-state index in [0.717, 1.165) is 32.6 Å². The minimum atomic E-state index is 0.826. The highest BCUT2D eigenvalue weighted by atomic mass is 16.1. The van der Waals surface area contributed by atoms with E-state index in [1.807, 2.05) is 4.90 Å². The third-order valence-corrected chi connectivity index (χ3v) is 1.56. The molecule has 0 radical (unpaired) electrons. The van der Waals surface area contributed by atoms with Gasteiger partial charge in [-0.2, -0.15) is 0 Å². The minimum Gasteiger partial charge on any atom is -0.456 e. The molecule has 0 aromatic rings. The largest absolute Gasteiger partial charge is 0.456 e. The van der Waals surface area contributed by atoms with E-state index >= 15 is 0 Å². The van der Waals surface area contributed by atoms with Crippen LogP contribution in [0.3, 0.4) is 0 Å². The molecule has 1 saturated heterocycles. The third kappa shape index (κ3) is 1.68. The van der Waals surface area contributed by atoms with Gasteiger partial charge in [0.1, 0.15) is 0 Å². The summed E-state index contributed by atoms with van der Waals surface area (Å²) in [6.45, 7) is 3.46. The van der Waals surface area contributed by atoms with Crippen LogP contribution in [0.5, 0.6) is 0 Å². The maximum absolute atomic E-state index is 10.2. The van der Waals surface area contributed by atoms with Crippen molar-refractivity contribution in [2.75, 3.05) is 26.2 Å². The average molecular weight is 127 g/mol. The Morgan fingerprint density at radius 1 is 1.22 bits per heavy atom. The maximum atomic E-state index is 10.2. The molecule has 3 nitrogen and oxygen atoms in total. The Morgan fingerprint density at radius 3 is 2.22 bits per heavy atom. The number of carbonyl (C=O) groups is 1. The van der Waals surface area contributed by atoms with E-state index in [1.54, 1.807) is 4.90 Å². The predicted octanol–water partition coefficient (Wildman–Crippen LogP) is -0.448. The van der Waals surface area contributed by atoms with Crippen molar-refractivity contribution >= 4 is 6.41 Å². The van der Waals surface area contributed by atoms with Gasteiger partial charge in [-0.15, -0.1) is 0 Å². The van der Waals surface area contributed by atoms with Gasteiger partial charge in [-0.25, -0.2) is 0 Å². The number of hydrogen-bond donors (Lipinski definition) is 0. The Labute approximate surface area is 55.2 Å². The fourth-order valence-electron chi connectivity index (χ4n) is 0.869. The van der Waals surface area contributed by atoms with E-state index in [4.69, 9.17) is 0 Å². The Bertz CT molecular complexity index is 97.2. The lowest BCUT2D eigenvalue weighted by Gasteiger charge is -2.34. The summed E-state index contributed by atoms with van der Waals surface area (Å²) in [4.78, 5) is 13.9. The number of piperazine rings is 1. The number of rotatable bonds is 1. The standard InChI is InChI=1S/C6H11N2O/c1-7-2-4-8(6-9)5-3-7/h6H,1-5H2/q-1. The van der Waals surface area contributed by atoms with Crippen molar-refractivity contribution in [3.8, 4) is 0 Å². The summed E-state index contributed by atoms with van der Waals surface area (Å²) < 4.78 is 0. The first-order valence-electron chi connectivity index (χ1n) is 3.08. The van der Waals surface area contributed by atoms with E-state index in [0.29, 0.717) is 0 Å². The van der Waals surface area contributed by atoms with Gasteiger partial charge in [0.25, 0.3) is 0 Å². The second kappa shape index (κ2) is 2.82. The molecular weight excluding hydrogens is 116 g/mol. The van der Waals surface area contributed by atoms with Crippen molar-refractivity contribution in [1.29, 1.82) is 0 Å². The molecule has 1 fully saturated rings. The monoisotopic (exact) mass is 127 g/mol. The second-order valence-electron chi connectivity index (χ2n) is 2.26. The lowest BCUT2D eigenvalue weighted by atomic mass is 10.4. The summed E-state index contributed by atoms with van der Waals surface area (Å²) in [7, 11) is 3.76. The van der Waals surface area contributed by atoms with Gasteiger partial charge in [-0.05, 0) is 13.1 Å². The zero-order valence-corrected chi connectivity index (χ0v) is 5.42. The molecule has 0 bridgehead atoms. The molecule has 0 atom stereocenters. The second-order valence-corrected chi connectivity index (χ2v) is 2.26. The van der Waals surface area contributed by atoms with Crippen molar-refractivity contribution in [2.24, 2.45) is 0 Å². The van der Waals surface area contributed by atoms with Crippen LogP contribution < -0.4 is 0 Å². The highest BCUT2D eigenvalue weighted by Gasteiger charge is 2.06. The van der Waals surface area contributed by atoms with Crippen molar-refractivity contribution < 1.29 is 4.79 Å². The molecule has 1 rings (SSSR count). The van der Waals surface area contributed by atoms with E-state index in [1.165, 1.54) is 0 Å². The Hall–Kier alpha value is -0.570. The van der Waals surface area contributed by atoms with Gasteiger partial charge >= 0.3 is 0 Å². The maximum Gasteiger partial charge on any atom is 0.209 e. The molecular formula is C6H11N2O-. The molecule has 1 heterocycles. The number of hydrogen-bond acceptors (Lipinski definition) is 2. The van der Waals surface area contributed by atoms with Crippen molar-refractivity contribution in [1.82, 2.24) is 9.80 Å². The first kappa shape index (κ1) is 6.55. The summed E-state index contributed by atoms with van der Waals surface area (Å²) in [6, 6.07) is 0. The lowest BCUT2D eigenvalue weighted by molar-refractivity contribution is -0.119. The minimum absolute atomic E-state index is 0.826. The Morgan fingerprint density at radius 2 is 1.78 bits per heavy atom. The molecule has 9 heavy (non-hydrogen) atoms. The fourth-order valence-corrected chi connectivity index (χ4v) is 0.869. The van der Waals surface area contributed by atoms with E-state index < -0.39 is 0 Å². The van der Waals surface area contributed by atoms with Gasteiger partial charge in [0.05, 0.1) is 0 Å². The topological polar surface area (TPSA) is 23.6 Å². The molecule has 0 saturated carbocycles. The van der Waals surface area contributed by atoms with E-state index in [9.17, 15) is 4.79 Å². The van der Waals surface area contributed by atoms with E-state index in [2.05, 4.69) is 7.05 Å². The van der Waals surface area contributed by atoms with Crippen molar-refractivity contribution in [3.05, 3.63) is 7.05 Å². The number of nitrogens with zero attached hydrogens (tertiary/aromatic N) is 2. The quantitative estimate of drug-likeness (QED) is 0.352. The summed E-state index contributed by atoms with van der Waals surface area (Å²) in [5.41, 5.74) is 0. The van der Waals surface area contributed by atoms with Crippen LogP contribution >= 0.6 is 0 Å². The zero-order valence-electron chi connectivity index (χ0n) is 5.42. The van der Waals surface area contributed by atoms with E-state index in [-0.39, 0.29) is 0 Å². The van der Waals surface area contributed by atoms with Crippen molar-refractivity contribution in [3.63, 3.8) is 0 Å². The summed E-state index contributed by atoms with van der Waals surface area (Å²) in [5.74, 6) is 0. The smallest absolute Gasteiger partial charge is 0.209 e.